The lowest BCUT2D eigenvalue weighted by atomic mass is 9.89. The van der Waals surface area contributed by atoms with Crippen molar-refractivity contribution in [3.05, 3.63) is 0 Å². The number of hydrogen-bond donors (Lipinski definition) is 2. The lowest BCUT2D eigenvalue weighted by molar-refractivity contribution is -0.141. The molecule has 1 aliphatic rings. The minimum atomic E-state index is -0.956. The van der Waals surface area contributed by atoms with Crippen LogP contribution in [-0.4, -0.2) is 41.6 Å². The predicted molar refractivity (Wildman–Crippen MR) is 69.5 cm³/mol. The van der Waals surface area contributed by atoms with Crippen molar-refractivity contribution < 1.29 is 14.7 Å². The zero-order valence-corrected chi connectivity index (χ0v) is 11.5. The van der Waals surface area contributed by atoms with Crippen LogP contribution >= 0.6 is 0 Å². The van der Waals surface area contributed by atoms with Crippen molar-refractivity contribution in [3.63, 3.8) is 0 Å². The lowest BCUT2D eigenvalue weighted by Crippen LogP contribution is -2.48. The quantitative estimate of drug-likeness (QED) is 0.791. The number of carbonyl (C=O) groups excluding carboxylic acids is 1. The number of rotatable bonds is 5. The van der Waals surface area contributed by atoms with E-state index in [1.165, 1.54) is 24.8 Å². The lowest BCUT2D eigenvalue weighted by Gasteiger charge is -2.28. The Bertz CT molecular complexity index is 311. The normalized spacial score (nSPS) is 19.3. The first-order valence-corrected chi connectivity index (χ1v) is 6.63. The number of carbonyl (C=O) groups is 2. The van der Waals surface area contributed by atoms with E-state index in [-0.39, 0.29) is 11.4 Å². The highest BCUT2D eigenvalue weighted by Crippen LogP contribution is 2.36. The molecule has 0 aliphatic heterocycles. The summed E-state index contributed by atoms with van der Waals surface area (Å²) in [5.41, 5.74) is 0.182. The molecule has 0 spiro atoms. The molecule has 1 rings (SSSR count). The van der Waals surface area contributed by atoms with E-state index in [4.69, 9.17) is 5.11 Å². The Balaban J connectivity index is 2.46. The van der Waals surface area contributed by atoms with E-state index in [0.29, 0.717) is 13.0 Å². The molecule has 0 aromatic rings. The monoisotopic (exact) mass is 256 g/mol. The van der Waals surface area contributed by atoms with Crippen molar-refractivity contribution in [2.24, 2.45) is 5.41 Å². The molecular weight excluding hydrogens is 232 g/mol. The van der Waals surface area contributed by atoms with E-state index < -0.39 is 12.0 Å². The molecule has 1 saturated carbocycles. The Labute approximate surface area is 109 Å². The first-order valence-electron chi connectivity index (χ1n) is 6.63. The first kappa shape index (κ1) is 14.8. The molecule has 0 heterocycles. The number of aliphatic carboxylic acids is 1. The number of carboxylic acid groups (broad SMARTS) is 1. The molecule has 1 unspecified atom stereocenters. The van der Waals surface area contributed by atoms with Crippen molar-refractivity contribution in [3.8, 4) is 0 Å². The van der Waals surface area contributed by atoms with Crippen molar-refractivity contribution in [1.82, 2.24) is 10.2 Å². The molecule has 5 heteroatoms. The van der Waals surface area contributed by atoms with Gasteiger partial charge < -0.3 is 15.3 Å². The fourth-order valence-corrected chi connectivity index (χ4v) is 2.57. The molecule has 2 amide bonds. The molecule has 18 heavy (non-hydrogen) atoms. The molecule has 1 atom stereocenters. The van der Waals surface area contributed by atoms with Crippen molar-refractivity contribution in [2.75, 3.05) is 13.6 Å². The molecule has 0 aromatic heterocycles. The fraction of sp³-hybridized carbons (Fsp3) is 0.846. The van der Waals surface area contributed by atoms with Gasteiger partial charge in [0.25, 0.3) is 0 Å². The van der Waals surface area contributed by atoms with Gasteiger partial charge >= 0.3 is 12.0 Å². The van der Waals surface area contributed by atoms with Gasteiger partial charge in [-0.15, -0.1) is 0 Å². The number of carboxylic acids is 1. The summed E-state index contributed by atoms with van der Waals surface area (Å²) in [6.45, 7) is 4.57. The Hall–Kier alpha value is -1.26. The van der Waals surface area contributed by atoms with Crippen LogP contribution in [0.5, 0.6) is 0 Å². The van der Waals surface area contributed by atoms with Gasteiger partial charge in [-0.05, 0) is 24.7 Å². The number of hydrogen-bond acceptors (Lipinski definition) is 2. The third kappa shape index (κ3) is 3.62. The molecule has 5 nitrogen and oxygen atoms in total. The number of amides is 2. The van der Waals surface area contributed by atoms with E-state index in [0.717, 1.165) is 12.8 Å². The van der Waals surface area contributed by atoms with Gasteiger partial charge in [-0.2, -0.15) is 0 Å². The van der Waals surface area contributed by atoms with E-state index in [2.05, 4.69) is 12.2 Å². The Morgan fingerprint density at radius 3 is 2.39 bits per heavy atom. The van der Waals surface area contributed by atoms with Crippen molar-refractivity contribution in [1.29, 1.82) is 0 Å². The summed E-state index contributed by atoms with van der Waals surface area (Å²) in [5.74, 6) is -0.956. The molecule has 1 fully saturated rings. The van der Waals surface area contributed by atoms with Gasteiger partial charge in [-0.1, -0.05) is 26.7 Å². The first-order chi connectivity index (χ1) is 8.39. The molecular formula is C13H24N2O3. The van der Waals surface area contributed by atoms with Gasteiger partial charge in [0.05, 0.1) is 0 Å². The second-order valence-electron chi connectivity index (χ2n) is 5.55. The van der Waals surface area contributed by atoms with Crippen molar-refractivity contribution >= 4 is 12.0 Å². The van der Waals surface area contributed by atoms with Crippen LogP contribution in [0, 0.1) is 5.41 Å². The van der Waals surface area contributed by atoms with Crippen molar-refractivity contribution in [2.45, 2.75) is 52.0 Å². The summed E-state index contributed by atoms with van der Waals surface area (Å²) >= 11 is 0. The SMILES string of the molecule is CCC(C(=O)O)N(C)C(=O)NCC1(C)CCCC1. The van der Waals surface area contributed by atoms with Crippen LogP contribution in [0.1, 0.15) is 46.0 Å². The largest absolute Gasteiger partial charge is 0.480 e. The highest BCUT2D eigenvalue weighted by atomic mass is 16.4. The Morgan fingerprint density at radius 1 is 1.39 bits per heavy atom. The van der Waals surface area contributed by atoms with Crippen LogP contribution in [0.3, 0.4) is 0 Å². The van der Waals surface area contributed by atoms with Gasteiger partial charge in [0.2, 0.25) is 0 Å². The van der Waals surface area contributed by atoms with Gasteiger partial charge in [0, 0.05) is 13.6 Å². The Kier molecular flexibility index (Phi) is 4.99. The topological polar surface area (TPSA) is 69.6 Å². The number of nitrogens with zero attached hydrogens (tertiary/aromatic N) is 1. The van der Waals surface area contributed by atoms with E-state index in [9.17, 15) is 9.59 Å². The fourth-order valence-electron chi connectivity index (χ4n) is 2.57. The highest BCUT2D eigenvalue weighted by molar-refractivity contribution is 5.82. The maximum Gasteiger partial charge on any atom is 0.326 e. The summed E-state index contributed by atoms with van der Waals surface area (Å²) < 4.78 is 0. The van der Waals surface area contributed by atoms with E-state index in [1.54, 1.807) is 6.92 Å². The van der Waals surface area contributed by atoms with Crippen LogP contribution < -0.4 is 5.32 Å². The minimum absolute atomic E-state index is 0.182. The highest BCUT2D eigenvalue weighted by Gasteiger charge is 2.30. The van der Waals surface area contributed by atoms with Crippen LogP contribution in [-0.2, 0) is 4.79 Å². The summed E-state index contributed by atoms with van der Waals surface area (Å²) in [5, 5.41) is 11.9. The summed E-state index contributed by atoms with van der Waals surface area (Å²) in [7, 11) is 1.54. The summed E-state index contributed by atoms with van der Waals surface area (Å²) in [6, 6.07) is -1.04. The molecule has 2 N–H and O–H groups in total. The van der Waals surface area contributed by atoms with Crippen LogP contribution in [0.15, 0.2) is 0 Å². The van der Waals surface area contributed by atoms with E-state index >= 15 is 0 Å². The number of likely N-dealkylation sites (N-methyl/N-ethyl adjacent to an activating group) is 1. The standard InChI is InChI=1S/C13H24N2O3/c1-4-10(11(16)17)15(3)12(18)14-9-13(2)7-5-6-8-13/h10H,4-9H2,1-3H3,(H,14,18)(H,16,17). The second kappa shape index (κ2) is 6.07. The molecule has 0 aromatic carbocycles. The zero-order valence-electron chi connectivity index (χ0n) is 11.5. The third-order valence-corrected chi connectivity index (χ3v) is 3.94. The van der Waals surface area contributed by atoms with Crippen LogP contribution in [0.25, 0.3) is 0 Å². The van der Waals surface area contributed by atoms with Crippen LogP contribution in [0.4, 0.5) is 4.79 Å². The second-order valence-corrected chi connectivity index (χ2v) is 5.55. The zero-order chi connectivity index (χ0) is 13.8. The minimum Gasteiger partial charge on any atom is -0.480 e. The Morgan fingerprint density at radius 2 is 1.94 bits per heavy atom. The number of nitrogens with one attached hydrogen (secondary N) is 1. The summed E-state index contributed by atoms with van der Waals surface area (Å²) in [6.07, 6.45) is 5.11. The van der Waals surface area contributed by atoms with Crippen LogP contribution in [0.2, 0.25) is 0 Å². The molecule has 0 bridgehead atoms. The average molecular weight is 256 g/mol. The van der Waals surface area contributed by atoms with Gasteiger partial charge in [-0.3, -0.25) is 0 Å². The van der Waals surface area contributed by atoms with Gasteiger partial charge in [0.1, 0.15) is 6.04 Å². The van der Waals surface area contributed by atoms with E-state index in [1.807, 2.05) is 0 Å². The maximum atomic E-state index is 11.9. The maximum absolute atomic E-state index is 11.9. The third-order valence-electron chi connectivity index (χ3n) is 3.94. The van der Waals surface area contributed by atoms with Gasteiger partial charge in [0.15, 0.2) is 0 Å². The summed E-state index contributed by atoms with van der Waals surface area (Å²) in [4.78, 5) is 24.2. The molecule has 0 radical (unpaired) electrons. The number of urea groups is 1. The molecule has 0 saturated heterocycles. The average Bonchev–Trinajstić information content (AvgIpc) is 2.74. The van der Waals surface area contributed by atoms with Gasteiger partial charge in [-0.25, -0.2) is 9.59 Å². The molecule has 104 valence electrons. The molecule has 1 aliphatic carbocycles. The predicted octanol–water partition coefficient (Wildman–Crippen LogP) is 2.07. The smallest absolute Gasteiger partial charge is 0.326 e.